The van der Waals surface area contributed by atoms with Crippen molar-refractivity contribution in [1.82, 2.24) is 10.3 Å². The lowest BCUT2D eigenvalue weighted by atomic mass is 9.71. The van der Waals surface area contributed by atoms with Crippen LogP contribution in [0.5, 0.6) is 0 Å². The molecule has 38 heavy (non-hydrogen) atoms. The molecule has 2 saturated heterocycles. The molecule has 2 aliphatic heterocycles. The van der Waals surface area contributed by atoms with Gasteiger partial charge in [0.15, 0.2) is 0 Å². The number of ether oxygens (including phenoxy) is 1. The summed E-state index contributed by atoms with van der Waals surface area (Å²) in [6, 6.07) is 9.50. The number of ketones is 1. The number of Topliss-reactive ketones (excluding diaryl/α,β-unsaturated/α-hetero) is 1. The van der Waals surface area contributed by atoms with E-state index in [1.165, 1.54) is 0 Å². The molecule has 0 spiro atoms. The number of nitrogens with zero attached hydrogens (tertiary/aromatic N) is 1. The van der Waals surface area contributed by atoms with E-state index in [0.29, 0.717) is 6.42 Å². The van der Waals surface area contributed by atoms with E-state index in [0.717, 1.165) is 35.7 Å². The van der Waals surface area contributed by atoms with Crippen LogP contribution in [0, 0.1) is 29.6 Å². The van der Waals surface area contributed by atoms with Gasteiger partial charge in [0.05, 0.1) is 53.2 Å². The Morgan fingerprint density at radius 2 is 1.97 bits per heavy atom. The topological polar surface area (TPSA) is 112 Å². The van der Waals surface area contributed by atoms with Gasteiger partial charge < -0.3 is 20.3 Å². The summed E-state index contributed by atoms with van der Waals surface area (Å²) in [6.07, 6.45) is 7.87. The second-order valence-electron chi connectivity index (χ2n) is 11.9. The van der Waals surface area contributed by atoms with Gasteiger partial charge in [-0.15, -0.1) is 12.3 Å². The van der Waals surface area contributed by atoms with Gasteiger partial charge in [0, 0.05) is 24.4 Å². The molecule has 0 aliphatic carbocycles. The van der Waals surface area contributed by atoms with Crippen LogP contribution in [0.4, 0.5) is 0 Å². The number of aliphatic hydroxyl groups is 2. The predicted molar refractivity (Wildman–Crippen MR) is 146 cm³/mol. The van der Waals surface area contributed by atoms with Crippen molar-refractivity contribution in [1.29, 1.82) is 0 Å². The highest BCUT2D eigenvalue weighted by Gasteiger charge is 2.52. The van der Waals surface area contributed by atoms with E-state index in [1.54, 1.807) is 20.0 Å². The Hall–Kier alpha value is -2.79. The fourth-order valence-electron chi connectivity index (χ4n) is 5.76. The van der Waals surface area contributed by atoms with Gasteiger partial charge in [0.2, 0.25) is 5.91 Å². The second kappa shape index (κ2) is 11.1. The van der Waals surface area contributed by atoms with Crippen molar-refractivity contribution in [2.75, 3.05) is 0 Å². The number of carbonyl (C=O) groups excluding carboxylic acids is 2. The quantitative estimate of drug-likeness (QED) is 0.406. The SMILES string of the molecule is C#CCC1C(=O)C(C)(C)C(O)CC(=O)NC(c2ccc3cccnc3c2)CC2OC2(C)CCCC(C)C1O. The first-order chi connectivity index (χ1) is 18.0. The van der Waals surface area contributed by atoms with Crippen molar-refractivity contribution >= 4 is 22.6 Å². The number of fused-ring (bicyclic) bond motifs is 2. The smallest absolute Gasteiger partial charge is 0.223 e. The first-order valence-electron chi connectivity index (χ1n) is 13.6. The van der Waals surface area contributed by atoms with E-state index in [4.69, 9.17) is 11.2 Å². The Labute approximate surface area is 225 Å². The van der Waals surface area contributed by atoms with Crippen LogP contribution in [0.1, 0.15) is 77.8 Å². The molecule has 4 rings (SSSR count). The number of hydrogen-bond donors (Lipinski definition) is 3. The summed E-state index contributed by atoms with van der Waals surface area (Å²) in [7, 11) is 0. The molecule has 204 valence electrons. The number of terminal acetylenes is 1. The number of hydrogen-bond acceptors (Lipinski definition) is 6. The average Bonchev–Trinajstić information content (AvgIpc) is 3.53. The van der Waals surface area contributed by atoms with Crippen molar-refractivity contribution in [3.05, 3.63) is 42.1 Å². The first-order valence-corrected chi connectivity index (χ1v) is 13.6. The Kier molecular flexibility index (Phi) is 8.27. The molecule has 7 atom stereocenters. The van der Waals surface area contributed by atoms with Gasteiger partial charge in [-0.2, -0.15) is 0 Å². The maximum absolute atomic E-state index is 13.6. The summed E-state index contributed by atoms with van der Waals surface area (Å²) in [4.78, 5) is 31.3. The third-order valence-electron chi connectivity index (χ3n) is 8.70. The van der Waals surface area contributed by atoms with Gasteiger partial charge in [-0.3, -0.25) is 14.6 Å². The molecule has 7 nitrogen and oxygen atoms in total. The molecule has 1 aromatic heterocycles. The molecule has 3 N–H and O–H groups in total. The van der Waals surface area contributed by atoms with Crippen molar-refractivity contribution < 1.29 is 24.5 Å². The lowest BCUT2D eigenvalue weighted by Gasteiger charge is -2.35. The van der Waals surface area contributed by atoms with E-state index in [2.05, 4.69) is 23.1 Å². The third-order valence-corrected chi connectivity index (χ3v) is 8.70. The summed E-state index contributed by atoms with van der Waals surface area (Å²) in [5.41, 5.74) is 0.177. The molecule has 0 saturated carbocycles. The molecular formula is C31H40N2O5. The minimum absolute atomic E-state index is 0.0301. The monoisotopic (exact) mass is 520 g/mol. The number of aliphatic hydroxyl groups excluding tert-OH is 2. The van der Waals surface area contributed by atoms with Gasteiger partial charge in [0.1, 0.15) is 5.78 Å². The van der Waals surface area contributed by atoms with Crippen LogP contribution in [-0.4, -0.2) is 50.8 Å². The van der Waals surface area contributed by atoms with Crippen LogP contribution >= 0.6 is 0 Å². The molecule has 0 bridgehead atoms. The molecule has 2 aliphatic rings. The summed E-state index contributed by atoms with van der Waals surface area (Å²) in [6.45, 7) is 7.25. The van der Waals surface area contributed by atoms with E-state index < -0.39 is 23.5 Å². The summed E-state index contributed by atoms with van der Waals surface area (Å²) in [5.74, 6) is 0.876. The van der Waals surface area contributed by atoms with Crippen molar-refractivity contribution in [2.45, 2.75) is 96.2 Å². The van der Waals surface area contributed by atoms with Gasteiger partial charge in [0.25, 0.3) is 0 Å². The fraction of sp³-hybridized carbons (Fsp3) is 0.581. The highest BCUT2D eigenvalue weighted by Crippen LogP contribution is 2.46. The molecule has 2 aromatic rings. The molecule has 1 amide bonds. The molecular weight excluding hydrogens is 480 g/mol. The Balaban J connectivity index is 1.63. The number of carbonyl (C=O) groups is 2. The van der Waals surface area contributed by atoms with Crippen molar-refractivity contribution in [2.24, 2.45) is 17.3 Å². The Morgan fingerprint density at radius 1 is 1.21 bits per heavy atom. The van der Waals surface area contributed by atoms with Crippen molar-refractivity contribution in [3.63, 3.8) is 0 Å². The molecule has 2 fully saturated rings. The average molecular weight is 521 g/mol. The van der Waals surface area contributed by atoms with Gasteiger partial charge >= 0.3 is 0 Å². The Morgan fingerprint density at radius 3 is 2.71 bits per heavy atom. The third kappa shape index (κ3) is 5.93. The lowest BCUT2D eigenvalue weighted by molar-refractivity contribution is -0.143. The number of epoxide rings is 1. The number of benzene rings is 1. The first kappa shape index (κ1) is 28.2. The van der Waals surface area contributed by atoms with Gasteiger partial charge in [-0.25, -0.2) is 0 Å². The van der Waals surface area contributed by atoms with Crippen LogP contribution in [0.3, 0.4) is 0 Å². The number of pyridine rings is 1. The van der Waals surface area contributed by atoms with Crippen LogP contribution in [0.2, 0.25) is 0 Å². The van der Waals surface area contributed by atoms with Crippen LogP contribution < -0.4 is 5.32 Å². The molecule has 7 heteroatoms. The number of rotatable bonds is 2. The molecule has 0 radical (unpaired) electrons. The maximum Gasteiger partial charge on any atom is 0.223 e. The summed E-state index contributed by atoms with van der Waals surface area (Å²) < 4.78 is 6.14. The molecule has 1 aromatic carbocycles. The highest BCUT2D eigenvalue weighted by molar-refractivity contribution is 5.89. The van der Waals surface area contributed by atoms with Crippen LogP contribution in [0.25, 0.3) is 10.9 Å². The number of aromatic nitrogens is 1. The van der Waals surface area contributed by atoms with E-state index in [-0.39, 0.29) is 48.2 Å². The summed E-state index contributed by atoms with van der Waals surface area (Å²) >= 11 is 0. The zero-order valence-corrected chi connectivity index (χ0v) is 22.8. The lowest BCUT2D eigenvalue weighted by Crippen LogP contribution is -2.47. The predicted octanol–water partition coefficient (Wildman–Crippen LogP) is 4.11. The minimum Gasteiger partial charge on any atom is -0.392 e. The fourth-order valence-corrected chi connectivity index (χ4v) is 5.76. The molecule has 7 unspecified atom stereocenters. The normalized spacial score (nSPS) is 34.7. The zero-order valence-electron chi connectivity index (χ0n) is 22.8. The number of nitrogens with one attached hydrogen (secondary N) is 1. The number of amides is 1. The van der Waals surface area contributed by atoms with E-state index in [1.807, 2.05) is 37.3 Å². The second-order valence-corrected chi connectivity index (χ2v) is 11.9. The molecule has 3 heterocycles. The summed E-state index contributed by atoms with van der Waals surface area (Å²) in [5, 5.41) is 26.3. The Bertz CT molecular complexity index is 1220. The highest BCUT2D eigenvalue weighted by atomic mass is 16.6. The van der Waals surface area contributed by atoms with Gasteiger partial charge in [-0.1, -0.05) is 45.4 Å². The minimum atomic E-state index is -1.27. The van der Waals surface area contributed by atoms with E-state index in [9.17, 15) is 19.8 Å². The maximum atomic E-state index is 13.6. The van der Waals surface area contributed by atoms with Crippen molar-refractivity contribution in [3.8, 4) is 12.3 Å². The van der Waals surface area contributed by atoms with Crippen LogP contribution in [0.15, 0.2) is 36.5 Å². The largest absolute Gasteiger partial charge is 0.392 e. The van der Waals surface area contributed by atoms with E-state index >= 15 is 0 Å². The standard InChI is InChI=1S/C31H40N2O5/c1-6-9-22-28(36)19(2)10-7-14-31(5)26(38-31)17-24(21-13-12-20-11-8-15-32-23(20)16-21)33-27(35)18-25(34)30(3,4)29(22)37/h1,8,11-13,15-16,19,22,24-26,28,34,36H,7,9-10,14,17-18H2,2-5H3,(H,33,35). The van der Waals surface area contributed by atoms with Crippen LogP contribution in [-0.2, 0) is 14.3 Å². The van der Waals surface area contributed by atoms with Gasteiger partial charge in [-0.05, 0) is 43.4 Å². The zero-order chi connectivity index (χ0) is 27.7.